The van der Waals surface area contributed by atoms with Crippen LogP contribution in [0.5, 0.6) is 0 Å². The number of aliphatic hydroxyl groups is 2. The van der Waals surface area contributed by atoms with Crippen molar-refractivity contribution in [2.45, 2.75) is 64.4 Å². The van der Waals surface area contributed by atoms with Gasteiger partial charge in [-0.2, -0.15) is 0 Å². The molecule has 0 fully saturated rings. The van der Waals surface area contributed by atoms with Gasteiger partial charge in [-0.25, -0.2) is 0 Å². The highest BCUT2D eigenvalue weighted by Gasteiger charge is 2.01. The topological polar surface area (TPSA) is 40.5 Å². The van der Waals surface area contributed by atoms with Crippen molar-refractivity contribution < 1.29 is 10.2 Å². The molecule has 0 aromatic heterocycles. The summed E-state index contributed by atoms with van der Waals surface area (Å²) in [7, 11) is 0. The van der Waals surface area contributed by atoms with Crippen LogP contribution in [0.1, 0.15) is 58.3 Å². The Labute approximate surface area is 99.7 Å². The first-order chi connectivity index (χ1) is 7.70. The fourth-order valence-electron chi connectivity index (χ4n) is 1.74. The van der Waals surface area contributed by atoms with Crippen LogP contribution in [0.2, 0.25) is 0 Å². The van der Waals surface area contributed by atoms with E-state index < -0.39 is 0 Å². The molecule has 0 saturated heterocycles. The van der Waals surface area contributed by atoms with E-state index in [0.29, 0.717) is 5.76 Å². The summed E-state index contributed by atoms with van der Waals surface area (Å²) in [5.41, 5.74) is 0. The van der Waals surface area contributed by atoms with Crippen molar-refractivity contribution in [2.75, 3.05) is 0 Å². The molecule has 1 unspecified atom stereocenters. The quantitative estimate of drug-likeness (QED) is 0.334. The standard InChI is InChI=1S/C14H26O2/c1-3-9-13(15)11-7-5-6-8-12-14(16)10-4-2/h3,9,14-16H,1,4-8,10-12H2,2H3. The zero-order valence-corrected chi connectivity index (χ0v) is 10.5. The molecule has 94 valence electrons. The summed E-state index contributed by atoms with van der Waals surface area (Å²) in [5, 5.41) is 18.8. The molecule has 0 amide bonds. The number of hydrogen-bond donors (Lipinski definition) is 2. The van der Waals surface area contributed by atoms with Crippen LogP contribution in [0.25, 0.3) is 0 Å². The van der Waals surface area contributed by atoms with E-state index in [1.165, 1.54) is 0 Å². The molecule has 0 bridgehead atoms. The van der Waals surface area contributed by atoms with Gasteiger partial charge in [0.05, 0.1) is 11.9 Å². The molecule has 2 N–H and O–H groups in total. The van der Waals surface area contributed by atoms with Crippen molar-refractivity contribution >= 4 is 0 Å². The van der Waals surface area contributed by atoms with Gasteiger partial charge in [0.15, 0.2) is 0 Å². The van der Waals surface area contributed by atoms with Crippen molar-refractivity contribution in [3.8, 4) is 0 Å². The van der Waals surface area contributed by atoms with E-state index in [-0.39, 0.29) is 6.10 Å². The summed E-state index contributed by atoms with van der Waals surface area (Å²) in [6.07, 6.45) is 11.1. The monoisotopic (exact) mass is 226 g/mol. The van der Waals surface area contributed by atoms with Crippen LogP contribution in [0.3, 0.4) is 0 Å². The Hall–Kier alpha value is -0.760. The van der Waals surface area contributed by atoms with Gasteiger partial charge in [-0.3, -0.25) is 0 Å². The summed E-state index contributed by atoms with van der Waals surface area (Å²) < 4.78 is 0. The van der Waals surface area contributed by atoms with Crippen molar-refractivity contribution in [1.29, 1.82) is 0 Å². The zero-order valence-electron chi connectivity index (χ0n) is 10.5. The Kier molecular flexibility index (Phi) is 10.2. The molecule has 0 aromatic rings. The van der Waals surface area contributed by atoms with Crippen molar-refractivity contribution in [3.05, 3.63) is 24.5 Å². The van der Waals surface area contributed by atoms with Gasteiger partial charge in [0.2, 0.25) is 0 Å². The molecule has 16 heavy (non-hydrogen) atoms. The zero-order chi connectivity index (χ0) is 12.2. The van der Waals surface area contributed by atoms with E-state index in [0.717, 1.165) is 51.4 Å². The fraction of sp³-hybridized carbons (Fsp3) is 0.714. The highest BCUT2D eigenvalue weighted by molar-refractivity contribution is 5.02. The second-order valence-electron chi connectivity index (χ2n) is 4.29. The van der Waals surface area contributed by atoms with Crippen molar-refractivity contribution in [1.82, 2.24) is 0 Å². The molecule has 0 radical (unpaired) electrons. The molecule has 0 heterocycles. The summed E-state index contributed by atoms with van der Waals surface area (Å²) in [4.78, 5) is 0. The predicted octanol–water partition coefficient (Wildman–Crippen LogP) is 4.12. The Morgan fingerprint density at radius 2 is 1.88 bits per heavy atom. The van der Waals surface area contributed by atoms with Crippen LogP contribution >= 0.6 is 0 Å². The summed E-state index contributed by atoms with van der Waals surface area (Å²) >= 11 is 0. The molecule has 2 nitrogen and oxygen atoms in total. The van der Waals surface area contributed by atoms with Gasteiger partial charge < -0.3 is 10.2 Å². The summed E-state index contributed by atoms with van der Waals surface area (Å²) in [6, 6.07) is 0. The maximum Gasteiger partial charge on any atom is 0.0922 e. The molecular formula is C14H26O2. The number of unbranched alkanes of at least 4 members (excludes halogenated alkanes) is 3. The fourth-order valence-corrected chi connectivity index (χ4v) is 1.74. The number of rotatable bonds is 10. The minimum absolute atomic E-state index is 0.112. The lowest BCUT2D eigenvalue weighted by molar-refractivity contribution is 0.150. The van der Waals surface area contributed by atoms with E-state index >= 15 is 0 Å². The normalized spacial score (nSPS) is 13.8. The molecule has 0 saturated carbocycles. The second kappa shape index (κ2) is 10.7. The minimum Gasteiger partial charge on any atom is -0.512 e. The Morgan fingerprint density at radius 3 is 2.50 bits per heavy atom. The molecule has 0 spiro atoms. The van der Waals surface area contributed by atoms with E-state index in [2.05, 4.69) is 13.5 Å². The van der Waals surface area contributed by atoms with Crippen LogP contribution < -0.4 is 0 Å². The lowest BCUT2D eigenvalue weighted by Crippen LogP contribution is -2.04. The molecule has 0 aliphatic heterocycles. The molecule has 0 rings (SSSR count). The highest BCUT2D eigenvalue weighted by atomic mass is 16.3. The van der Waals surface area contributed by atoms with Gasteiger partial charge in [0.1, 0.15) is 0 Å². The van der Waals surface area contributed by atoms with Gasteiger partial charge >= 0.3 is 0 Å². The van der Waals surface area contributed by atoms with E-state index in [1.54, 1.807) is 12.2 Å². The van der Waals surface area contributed by atoms with Crippen LogP contribution in [-0.4, -0.2) is 16.3 Å². The largest absolute Gasteiger partial charge is 0.512 e. The lowest BCUT2D eigenvalue weighted by Gasteiger charge is -2.08. The first kappa shape index (κ1) is 15.2. The number of aliphatic hydroxyl groups excluding tert-OH is 2. The molecule has 0 aliphatic carbocycles. The Bertz CT molecular complexity index is 197. The molecule has 2 heteroatoms. The van der Waals surface area contributed by atoms with Gasteiger partial charge in [-0.05, 0) is 25.3 Å². The van der Waals surface area contributed by atoms with Crippen LogP contribution in [-0.2, 0) is 0 Å². The molecule has 0 aromatic carbocycles. The van der Waals surface area contributed by atoms with Crippen LogP contribution in [0.4, 0.5) is 0 Å². The minimum atomic E-state index is -0.112. The lowest BCUT2D eigenvalue weighted by atomic mass is 10.0. The van der Waals surface area contributed by atoms with Crippen LogP contribution in [0, 0.1) is 0 Å². The van der Waals surface area contributed by atoms with Gasteiger partial charge in [-0.1, -0.05) is 45.3 Å². The van der Waals surface area contributed by atoms with Gasteiger partial charge in [-0.15, -0.1) is 0 Å². The van der Waals surface area contributed by atoms with Gasteiger partial charge in [0.25, 0.3) is 0 Å². The predicted molar refractivity (Wildman–Crippen MR) is 69.5 cm³/mol. The van der Waals surface area contributed by atoms with Crippen molar-refractivity contribution in [2.24, 2.45) is 0 Å². The van der Waals surface area contributed by atoms with E-state index in [1.807, 2.05) is 0 Å². The summed E-state index contributed by atoms with van der Waals surface area (Å²) in [5.74, 6) is 0.418. The maximum atomic E-state index is 9.50. The number of allylic oxidation sites excluding steroid dienone is 3. The number of hydrogen-bond acceptors (Lipinski definition) is 2. The average Bonchev–Trinajstić information content (AvgIpc) is 2.24. The molecular weight excluding hydrogens is 200 g/mol. The van der Waals surface area contributed by atoms with Crippen molar-refractivity contribution in [3.63, 3.8) is 0 Å². The van der Waals surface area contributed by atoms with Crippen LogP contribution in [0.15, 0.2) is 24.5 Å². The molecule has 0 aliphatic rings. The molecule has 1 atom stereocenters. The second-order valence-corrected chi connectivity index (χ2v) is 4.29. The average molecular weight is 226 g/mol. The smallest absolute Gasteiger partial charge is 0.0922 e. The first-order valence-corrected chi connectivity index (χ1v) is 6.39. The SMILES string of the molecule is C=CC=C(O)CCCCCCC(O)CCC. The third-order valence-electron chi connectivity index (χ3n) is 2.65. The van der Waals surface area contributed by atoms with E-state index in [4.69, 9.17) is 0 Å². The third-order valence-corrected chi connectivity index (χ3v) is 2.65. The first-order valence-electron chi connectivity index (χ1n) is 6.39. The third kappa shape index (κ3) is 9.78. The van der Waals surface area contributed by atoms with Gasteiger partial charge in [0, 0.05) is 6.42 Å². The Morgan fingerprint density at radius 1 is 1.19 bits per heavy atom. The summed E-state index contributed by atoms with van der Waals surface area (Å²) in [6.45, 7) is 5.63. The van der Waals surface area contributed by atoms with E-state index in [9.17, 15) is 10.2 Å². The maximum absolute atomic E-state index is 9.50. The Balaban J connectivity index is 3.27. The highest BCUT2D eigenvalue weighted by Crippen LogP contribution is 2.12.